The summed E-state index contributed by atoms with van der Waals surface area (Å²) in [6.45, 7) is 2.15. The van der Waals surface area contributed by atoms with Crippen LogP contribution in [0.3, 0.4) is 0 Å². The molecule has 0 atom stereocenters. The molecule has 0 saturated carbocycles. The molecule has 2 aromatic carbocycles. The third-order valence-corrected chi connectivity index (χ3v) is 5.81. The molecule has 1 aromatic heterocycles. The SMILES string of the molecule is N#C/C(=C\c1ccccc1N1CCCC1)c1nc(-c2ccc(Cl)cc2)cs1. The van der Waals surface area contributed by atoms with Gasteiger partial charge in [-0.2, -0.15) is 5.26 Å². The summed E-state index contributed by atoms with van der Waals surface area (Å²) in [6, 6.07) is 18.2. The normalized spacial score (nSPS) is 14.4. The lowest BCUT2D eigenvalue weighted by atomic mass is 10.1. The third-order valence-electron chi connectivity index (χ3n) is 4.68. The maximum Gasteiger partial charge on any atom is 0.134 e. The molecule has 2 heterocycles. The summed E-state index contributed by atoms with van der Waals surface area (Å²) in [6.07, 6.45) is 4.40. The molecular weight excluding hydrogens is 374 g/mol. The van der Waals surface area contributed by atoms with E-state index in [1.165, 1.54) is 29.9 Å². The van der Waals surface area contributed by atoms with Gasteiger partial charge in [0.25, 0.3) is 0 Å². The van der Waals surface area contributed by atoms with Crippen molar-refractivity contribution in [2.45, 2.75) is 12.8 Å². The van der Waals surface area contributed by atoms with Gasteiger partial charge in [0.15, 0.2) is 0 Å². The number of aromatic nitrogens is 1. The molecule has 3 nitrogen and oxygen atoms in total. The van der Waals surface area contributed by atoms with E-state index in [4.69, 9.17) is 11.6 Å². The lowest BCUT2D eigenvalue weighted by Gasteiger charge is -2.20. The Morgan fingerprint density at radius 2 is 1.85 bits per heavy atom. The first-order valence-electron chi connectivity index (χ1n) is 8.92. The second kappa shape index (κ2) is 7.96. The van der Waals surface area contributed by atoms with Gasteiger partial charge in [0.05, 0.1) is 11.3 Å². The Hall–Kier alpha value is -2.61. The van der Waals surface area contributed by atoms with Crippen LogP contribution in [0.25, 0.3) is 22.9 Å². The van der Waals surface area contributed by atoms with Crippen molar-refractivity contribution in [1.29, 1.82) is 5.26 Å². The monoisotopic (exact) mass is 391 g/mol. The van der Waals surface area contributed by atoms with Crippen molar-refractivity contribution in [3.8, 4) is 17.3 Å². The Kier molecular flexibility index (Phi) is 5.24. The van der Waals surface area contributed by atoms with E-state index in [2.05, 4.69) is 34.2 Å². The van der Waals surface area contributed by atoms with Crippen LogP contribution in [-0.2, 0) is 0 Å². The zero-order chi connectivity index (χ0) is 18.6. The molecule has 0 N–H and O–H groups in total. The van der Waals surface area contributed by atoms with Crippen LogP contribution in [0.2, 0.25) is 5.02 Å². The standard InChI is InChI=1S/C22H18ClN3S/c23-19-9-7-16(8-10-19)20-15-27-22(25-20)18(14-24)13-17-5-1-2-6-21(17)26-11-3-4-12-26/h1-2,5-10,13,15H,3-4,11-12H2/b18-13+. The molecule has 0 unspecified atom stereocenters. The minimum Gasteiger partial charge on any atom is -0.371 e. The summed E-state index contributed by atoms with van der Waals surface area (Å²) in [7, 11) is 0. The molecule has 0 aliphatic carbocycles. The second-order valence-corrected chi connectivity index (χ2v) is 7.76. The lowest BCUT2D eigenvalue weighted by Crippen LogP contribution is -2.18. The minimum absolute atomic E-state index is 0.590. The quantitative estimate of drug-likeness (QED) is 0.502. The highest BCUT2D eigenvalue weighted by atomic mass is 35.5. The fraction of sp³-hybridized carbons (Fsp3) is 0.182. The Labute approximate surface area is 168 Å². The maximum atomic E-state index is 9.73. The highest BCUT2D eigenvalue weighted by Gasteiger charge is 2.16. The van der Waals surface area contributed by atoms with Crippen LogP contribution in [0.4, 0.5) is 5.69 Å². The van der Waals surface area contributed by atoms with Crippen molar-refractivity contribution in [2.24, 2.45) is 0 Å². The molecule has 27 heavy (non-hydrogen) atoms. The number of para-hydroxylation sites is 1. The van der Waals surface area contributed by atoms with Gasteiger partial charge in [-0.15, -0.1) is 11.3 Å². The van der Waals surface area contributed by atoms with Crippen molar-refractivity contribution < 1.29 is 0 Å². The van der Waals surface area contributed by atoms with Gasteiger partial charge in [0.1, 0.15) is 11.1 Å². The molecule has 0 spiro atoms. The number of hydrogen-bond acceptors (Lipinski definition) is 4. The number of nitriles is 1. The molecule has 0 radical (unpaired) electrons. The van der Waals surface area contributed by atoms with Crippen LogP contribution in [0, 0.1) is 11.3 Å². The third kappa shape index (κ3) is 3.90. The maximum absolute atomic E-state index is 9.73. The Morgan fingerprint density at radius 3 is 2.59 bits per heavy atom. The van der Waals surface area contributed by atoms with Crippen molar-refractivity contribution >= 4 is 40.3 Å². The smallest absolute Gasteiger partial charge is 0.134 e. The predicted octanol–water partition coefficient (Wildman–Crippen LogP) is 6.13. The topological polar surface area (TPSA) is 39.9 Å². The van der Waals surface area contributed by atoms with Gasteiger partial charge in [-0.25, -0.2) is 4.98 Å². The summed E-state index contributed by atoms with van der Waals surface area (Å²) in [5, 5.41) is 13.1. The van der Waals surface area contributed by atoms with E-state index in [1.807, 2.05) is 41.8 Å². The molecule has 134 valence electrons. The van der Waals surface area contributed by atoms with Crippen LogP contribution in [0.1, 0.15) is 23.4 Å². The molecule has 1 fully saturated rings. The van der Waals surface area contributed by atoms with Gasteiger partial charge in [-0.1, -0.05) is 41.9 Å². The number of rotatable bonds is 4. The average Bonchev–Trinajstić information content (AvgIpc) is 3.39. The summed E-state index contributed by atoms with van der Waals surface area (Å²) >= 11 is 7.45. The van der Waals surface area contributed by atoms with Crippen molar-refractivity contribution in [3.05, 3.63) is 69.5 Å². The van der Waals surface area contributed by atoms with Gasteiger partial charge in [-0.05, 0) is 42.7 Å². The minimum atomic E-state index is 0.590. The summed E-state index contributed by atoms with van der Waals surface area (Å²) in [4.78, 5) is 7.07. The van der Waals surface area contributed by atoms with Crippen LogP contribution in [-0.4, -0.2) is 18.1 Å². The molecular formula is C22H18ClN3S. The van der Waals surface area contributed by atoms with Crippen LogP contribution in [0.5, 0.6) is 0 Å². The number of allylic oxidation sites excluding steroid dienone is 1. The average molecular weight is 392 g/mol. The number of hydrogen-bond donors (Lipinski definition) is 0. The first-order chi connectivity index (χ1) is 13.2. The van der Waals surface area contributed by atoms with Gasteiger partial charge in [-0.3, -0.25) is 0 Å². The number of benzene rings is 2. The molecule has 0 bridgehead atoms. The number of halogens is 1. The van der Waals surface area contributed by atoms with Gasteiger partial charge in [0.2, 0.25) is 0 Å². The van der Waals surface area contributed by atoms with Gasteiger partial charge in [0, 0.05) is 34.7 Å². The predicted molar refractivity (Wildman–Crippen MR) is 114 cm³/mol. The summed E-state index contributed by atoms with van der Waals surface area (Å²) < 4.78 is 0. The van der Waals surface area contributed by atoms with Crippen LogP contribution < -0.4 is 4.90 Å². The molecule has 1 aliphatic rings. The fourth-order valence-electron chi connectivity index (χ4n) is 3.30. The highest BCUT2D eigenvalue weighted by Crippen LogP contribution is 2.31. The van der Waals surface area contributed by atoms with Gasteiger partial charge < -0.3 is 4.90 Å². The first kappa shape index (κ1) is 17.8. The van der Waals surface area contributed by atoms with E-state index in [9.17, 15) is 5.26 Å². The molecule has 4 rings (SSSR count). The second-order valence-electron chi connectivity index (χ2n) is 6.47. The van der Waals surface area contributed by atoms with E-state index < -0.39 is 0 Å². The fourth-order valence-corrected chi connectivity index (χ4v) is 4.22. The number of nitrogens with zero attached hydrogens (tertiary/aromatic N) is 3. The molecule has 5 heteroatoms. The zero-order valence-electron chi connectivity index (χ0n) is 14.7. The first-order valence-corrected chi connectivity index (χ1v) is 10.2. The van der Waals surface area contributed by atoms with E-state index in [1.54, 1.807) is 0 Å². The van der Waals surface area contributed by atoms with Gasteiger partial charge >= 0.3 is 0 Å². The summed E-state index contributed by atoms with van der Waals surface area (Å²) in [5.74, 6) is 0. The van der Waals surface area contributed by atoms with Crippen LogP contribution in [0.15, 0.2) is 53.9 Å². The van der Waals surface area contributed by atoms with E-state index in [0.717, 1.165) is 34.9 Å². The van der Waals surface area contributed by atoms with Crippen molar-refractivity contribution in [2.75, 3.05) is 18.0 Å². The largest absolute Gasteiger partial charge is 0.371 e. The molecule has 3 aromatic rings. The number of thiazole rings is 1. The highest BCUT2D eigenvalue weighted by molar-refractivity contribution is 7.11. The zero-order valence-corrected chi connectivity index (χ0v) is 16.3. The van der Waals surface area contributed by atoms with E-state index >= 15 is 0 Å². The Bertz CT molecular complexity index is 1010. The van der Waals surface area contributed by atoms with Crippen LogP contribution >= 0.6 is 22.9 Å². The van der Waals surface area contributed by atoms with E-state index in [-0.39, 0.29) is 0 Å². The van der Waals surface area contributed by atoms with E-state index in [0.29, 0.717) is 10.6 Å². The summed E-state index contributed by atoms with van der Waals surface area (Å²) in [5.41, 5.74) is 4.71. The Balaban J connectivity index is 1.67. The molecule has 1 saturated heterocycles. The Morgan fingerprint density at radius 1 is 1.11 bits per heavy atom. The van der Waals surface area contributed by atoms with Crippen molar-refractivity contribution in [1.82, 2.24) is 4.98 Å². The molecule has 0 amide bonds. The van der Waals surface area contributed by atoms with Crippen molar-refractivity contribution in [3.63, 3.8) is 0 Å². The molecule has 1 aliphatic heterocycles. The number of anilines is 1. The lowest BCUT2D eigenvalue weighted by molar-refractivity contribution is 0.949.